The Balaban J connectivity index is 2.32. The normalized spacial score (nSPS) is 20.5. The van der Waals surface area contributed by atoms with Crippen LogP contribution in [-0.4, -0.2) is 22.4 Å². The van der Waals surface area contributed by atoms with E-state index in [1.807, 2.05) is 18.7 Å². The topological polar surface area (TPSA) is 41.9 Å². The van der Waals surface area contributed by atoms with Crippen LogP contribution in [0.5, 0.6) is 0 Å². The number of nitrogens with one attached hydrogen (secondary N) is 2. The highest BCUT2D eigenvalue weighted by atomic mass is 15.3. The van der Waals surface area contributed by atoms with Gasteiger partial charge in [-0.3, -0.25) is 4.68 Å². The van der Waals surface area contributed by atoms with E-state index in [0.717, 1.165) is 24.5 Å². The van der Waals surface area contributed by atoms with E-state index in [1.165, 1.54) is 5.69 Å². The Morgan fingerprint density at radius 2 is 2.20 bits per heavy atom. The third kappa shape index (κ3) is 1.80. The minimum absolute atomic E-state index is 0.536. The molecule has 15 heavy (non-hydrogen) atoms. The molecule has 1 unspecified atom stereocenters. The second kappa shape index (κ2) is 3.76. The Hall–Kier alpha value is -1.19. The van der Waals surface area contributed by atoms with Crippen molar-refractivity contribution in [1.82, 2.24) is 9.78 Å². The van der Waals surface area contributed by atoms with Crippen molar-refractivity contribution in [2.75, 3.05) is 17.2 Å². The van der Waals surface area contributed by atoms with Gasteiger partial charge < -0.3 is 10.6 Å². The Bertz CT molecular complexity index is 354. The van der Waals surface area contributed by atoms with Crippen molar-refractivity contribution in [3.63, 3.8) is 0 Å². The molecule has 0 fully saturated rings. The van der Waals surface area contributed by atoms with Crippen molar-refractivity contribution in [2.24, 2.45) is 13.0 Å². The van der Waals surface area contributed by atoms with Gasteiger partial charge in [0, 0.05) is 19.6 Å². The summed E-state index contributed by atoms with van der Waals surface area (Å²) in [4.78, 5) is 0. The third-order valence-corrected chi connectivity index (χ3v) is 3.11. The lowest BCUT2D eigenvalue weighted by molar-refractivity contribution is 0.503. The van der Waals surface area contributed by atoms with Crippen LogP contribution < -0.4 is 10.6 Å². The zero-order valence-corrected chi connectivity index (χ0v) is 9.96. The summed E-state index contributed by atoms with van der Waals surface area (Å²) < 4.78 is 1.93. The minimum Gasteiger partial charge on any atom is -0.380 e. The van der Waals surface area contributed by atoms with Gasteiger partial charge in [0.15, 0.2) is 0 Å². The molecule has 4 nitrogen and oxygen atoms in total. The molecule has 1 aliphatic heterocycles. The van der Waals surface area contributed by atoms with E-state index in [9.17, 15) is 0 Å². The lowest BCUT2D eigenvalue weighted by atomic mass is 10.0. The molecule has 84 valence electrons. The number of aryl methyl sites for hydroxylation is 2. The number of aromatic nitrogens is 2. The summed E-state index contributed by atoms with van der Waals surface area (Å²) in [5.41, 5.74) is 2.24. The van der Waals surface area contributed by atoms with Crippen LogP contribution in [0.2, 0.25) is 0 Å². The van der Waals surface area contributed by atoms with Crippen LogP contribution in [-0.2, 0) is 7.05 Å². The standard InChI is InChI=1S/C11H20N4/c1-7(2)9-5-6-12-10-8(3)14-15(4)11(10)13-9/h7,9,12-13H,5-6H2,1-4H3. The van der Waals surface area contributed by atoms with Crippen LogP contribution in [0.25, 0.3) is 0 Å². The van der Waals surface area contributed by atoms with Crippen molar-refractivity contribution < 1.29 is 0 Å². The predicted octanol–water partition coefficient (Wildman–Crippen LogP) is 1.98. The molecular formula is C11H20N4. The molecule has 0 aromatic carbocycles. The first-order valence-electron chi connectivity index (χ1n) is 5.63. The Kier molecular flexibility index (Phi) is 2.59. The average Bonchev–Trinajstić information content (AvgIpc) is 2.41. The van der Waals surface area contributed by atoms with E-state index in [4.69, 9.17) is 0 Å². The van der Waals surface area contributed by atoms with E-state index >= 15 is 0 Å². The van der Waals surface area contributed by atoms with E-state index in [0.29, 0.717) is 12.0 Å². The maximum absolute atomic E-state index is 4.42. The summed E-state index contributed by atoms with van der Waals surface area (Å²) in [5.74, 6) is 1.77. The first-order chi connectivity index (χ1) is 7.09. The molecule has 1 aromatic heterocycles. The SMILES string of the molecule is Cc1nn(C)c2c1NCCC(C(C)C)N2. The molecule has 2 N–H and O–H groups in total. The second-order valence-electron chi connectivity index (χ2n) is 4.64. The quantitative estimate of drug-likeness (QED) is 0.741. The van der Waals surface area contributed by atoms with Gasteiger partial charge in [-0.1, -0.05) is 13.8 Å². The number of anilines is 2. The molecule has 2 heterocycles. The summed E-state index contributed by atoms with van der Waals surface area (Å²) in [5, 5.41) is 11.5. The van der Waals surface area contributed by atoms with Crippen LogP contribution in [0.15, 0.2) is 0 Å². The van der Waals surface area contributed by atoms with E-state index < -0.39 is 0 Å². The van der Waals surface area contributed by atoms with Crippen LogP contribution in [0.1, 0.15) is 26.0 Å². The number of hydrogen-bond acceptors (Lipinski definition) is 3. The molecular weight excluding hydrogens is 188 g/mol. The highest BCUT2D eigenvalue weighted by Gasteiger charge is 2.22. The van der Waals surface area contributed by atoms with Crippen LogP contribution in [0, 0.1) is 12.8 Å². The van der Waals surface area contributed by atoms with Crippen molar-refractivity contribution in [2.45, 2.75) is 33.2 Å². The summed E-state index contributed by atoms with van der Waals surface area (Å²) in [7, 11) is 1.99. The summed E-state index contributed by atoms with van der Waals surface area (Å²) >= 11 is 0. The Labute approximate surface area is 91.1 Å². The molecule has 0 saturated carbocycles. The maximum Gasteiger partial charge on any atom is 0.148 e. The van der Waals surface area contributed by atoms with Gasteiger partial charge in [0.05, 0.1) is 5.69 Å². The van der Waals surface area contributed by atoms with Crippen molar-refractivity contribution >= 4 is 11.5 Å². The van der Waals surface area contributed by atoms with Crippen molar-refractivity contribution in [3.8, 4) is 0 Å². The molecule has 0 saturated heterocycles. The first-order valence-corrected chi connectivity index (χ1v) is 5.63. The highest BCUT2D eigenvalue weighted by molar-refractivity contribution is 5.69. The van der Waals surface area contributed by atoms with Gasteiger partial charge in [-0.25, -0.2) is 0 Å². The average molecular weight is 208 g/mol. The maximum atomic E-state index is 4.42. The molecule has 0 aliphatic carbocycles. The number of nitrogens with zero attached hydrogens (tertiary/aromatic N) is 2. The minimum atomic E-state index is 0.536. The zero-order chi connectivity index (χ0) is 11.0. The number of rotatable bonds is 1. The van der Waals surface area contributed by atoms with Crippen LogP contribution in [0.3, 0.4) is 0 Å². The third-order valence-electron chi connectivity index (χ3n) is 3.11. The summed E-state index contributed by atoms with van der Waals surface area (Å²) in [6, 6.07) is 0.536. The van der Waals surface area contributed by atoms with Gasteiger partial charge in [0.2, 0.25) is 0 Å². The molecule has 1 atom stereocenters. The Morgan fingerprint density at radius 1 is 1.47 bits per heavy atom. The second-order valence-corrected chi connectivity index (χ2v) is 4.64. The van der Waals surface area contributed by atoms with Gasteiger partial charge in [0.25, 0.3) is 0 Å². The van der Waals surface area contributed by atoms with Crippen molar-refractivity contribution in [1.29, 1.82) is 0 Å². The molecule has 0 amide bonds. The predicted molar refractivity (Wildman–Crippen MR) is 63.3 cm³/mol. The van der Waals surface area contributed by atoms with Gasteiger partial charge in [-0.2, -0.15) is 5.10 Å². The molecule has 0 radical (unpaired) electrons. The van der Waals surface area contributed by atoms with Gasteiger partial charge in [0.1, 0.15) is 11.5 Å². The fraction of sp³-hybridized carbons (Fsp3) is 0.727. The van der Waals surface area contributed by atoms with Crippen molar-refractivity contribution in [3.05, 3.63) is 5.69 Å². The fourth-order valence-electron chi connectivity index (χ4n) is 2.14. The lowest BCUT2D eigenvalue weighted by Crippen LogP contribution is -2.26. The Morgan fingerprint density at radius 3 is 2.87 bits per heavy atom. The number of fused-ring (bicyclic) bond motifs is 1. The largest absolute Gasteiger partial charge is 0.380 e. The van der Waals surface area contributed by atoms with Crippen LogP contribution in [0.4, 0.5) is 11.5 Å². The monoisotopic (exact) mass is 208 g/mol. The van der Waals surface area contributed by atoms with Gasteiger partial charge >= 0.3 is 0 Å². The first kappa shape index (κ1) is 10.3. The zero-order valence-electron chi connectivity index (χ0n) is 9.96. The fourth-order valence-corrected chi connectivity index (χ4v) is 2.14. The van der Waals surface area contributed by atoms with Crippen LogP contribution >= 0.6 is 0 Å². The lowest BCUT2D eigenvalue weighted by Gasteiger charge is -2.20. The smallest absolute Gasteiger partial charge is 0.148 e. The van der Waals surface area contributed by atoms with E-state index in [1.54, 1.807) is 0 Å². The van der Waals surface area contributed by atoms with Gasteiger partial charge in [-0.15, -0.1) is 0 Å². The summed E-state index contributed by atoms with van der Waals surface area (Å²) in [6.07, 6.45) is 1.16. The summed E-state index contributed by atoms with van der Waals surface area (Å²) in [6.45, 7) is 7.58. The van der Waals surface area contributed by atoms with Gasteiger partial charge in [-0.05, 0) is 19.3 Å². The molecule has 0 bridgehead atoms. The molecule has 2 rings (SSSR count). The number of hydrogen-bond donors (Lipinski definition) is 2. The van der Waals surface area contributed by atoms with E-state index in [-0.39, 0.29) is 0 Å². The molecule has 1 aliphatic rings. The van der Waals surface area contributed by atoms with E-state index in [2.05, 4.69) is 29.6 Å². The highest BCUT2D eigenvalue weighted by Crippen LogP contribution is 2.29. The molecule has 0 spiro atoms. The molecule has 4 heteroatoms. The molecule has 1 aromatic rings.